The second-order valence-corrected chi connectivity index (χ2v) is 11.0. The molecule has 1 amide bonds. The number of aryl methyl sites for hydroxylation is 1. The molecule has 2 heterocycles. The molecule has 4 bridgehead atoms. The van der Waals surface area contributed by atoms with Crippen molar-refractivity contribution in [1.29, 1.82) is 0 Å². The van der Waals surface area contributed by atoms with E-state index in [0.717, 1.165) is 19.3 Å². The molecule has 4 fully saturated rings. The predicted molar refractivity (Wildman–Crippen MR) is 130 cm³/mol. The zero-order valence-corrected chi connectivity index (χ0v) is 20.4. The fourth-order valence-corrected chi connectivity index (χ4v) is 7.24. The van der Waals surface area contributed by atoms with Gasteiger partial charge in [0.1, 0.15) is 12.0 Å². The number of rotatable bonds is 6. The summed E-state index contributed by atoms with van der Waals surface area (Å²) in [6, 6.07) is 6.46. The normalized spacial score (nSPS) is 26.4. The van der Waals surface area contributed by atoms with Gasteiger partial charge in [0.15, 0.2) is 0 Å². The number of nitrogens with zero attached hydrogens (tertiary/aromatic N) is 5. The first-order chi connectivity index (χ1) is 17.2. The van der Waals surface area contributed by atoms with Gasteiger partial charge in [-0.15, -0.1) is 0 Å². The second kappa shape index (κ2) is 8.25. The zero-order valence-electron chi connectivity index (χ0n) is 20.4. The number of carbonyl (C=O) groups is 1. The van der Waals surface area contributed by atoms with Gasteiger partial charge in [-0.05, 0) is 76.2 Å². The van der Waals surface area contributed by atoms with Gasteiger partial charge in [-0.2, -0.15) is 10.2 Å². The number of benzene rings is 1. The van der Waals surface area contributed by atoms with Gasteiger partial charge in [0, 0.05) is 5.56 Å². The topological polar surface area (TPSA) is 108 Å². The molecule has 0 spiro atoms. The summed E-state index contributed by atoms with van der Waals surface area (Å²) in [5, 5.41) is 23.7. The van der Waals surface area contributed by atoms with Crippen LogP contribution < -0.4 is 5.32 Å². The largest absolute Gasteiger partial charge is 0.320 e. The van der Waals surface area contributed by atoms with Gasteiger partial charge in [-0.1, -0.05) is 18.2 Å². The molecule has 36 heavy (non-hydrogen) atoms. The second-order valence-electron chi connectivity index (χ2n) is 11.0. The van der Waals surface area contributed by atoms with Crippen LogP contribution in [0, 0.1) is 47.5 Å². The van der Waals surface area contributed by atoms with Crippen molar-refractivity contribution in [3.05, 3.63) is 69.0 Å². The summed E-state index contributed by atoms with van der Waals surface area (Å²) < 4.78 is 17.5. The number of hydrogen-bond donors (Lipinski definition) is 1. The lowest BCUT2D eigenvalue weighted by Gasteiger charge is -2.56. The summed E-state index contributed by atoms with van der Waals surface area (Å²) in [4.78, 5) is 24.7. The average molecular weight is 493 g/mol. The molecule has 10 heteroatoms. The molecule has 1 N–H and O–H groups in total. The summed E-state index contributed by atoms with van der Waals surface area (Å²) in [5.41, 5.74) is 1.41. The van der Waals surface area contributed by atoms with Gasteiger partial charge in [0.2, 0.25) is 5.69 Å². The lowest BCUT2D eigenvalue weighted by atomic mass is 9.53. The van der Waals surface area contributed by atoms with E-state index in [-0.39, 0.29) is 29.3 Å². The number of nitro groups is 1. The van der Waals surface area contributed by atoms with E-state index in [0.29, 0.717) is 40.4 Å². The summed E-state index contributed by atoms with van der Waals surface area (Å²) in [6.45, 7) is 3.72. The van der Waals surface area contributed by atoms with Gasteiger partial charge < -0.3 is 5.32 Å². The van der Waals surface area contributed by atoms with E-state index in [2.05, 4.69) is 15.5 Å². The van der Waals surface area contributed by atoms with E-state index >= 15 is 0 Å². The smallest absolute Gasteiger partial charge is 0.317 e. The molecule has 3 aromatic rings. The van der Waals surface area contributed by atoms with Crippen LogP contribution in [0.25, 0.3) is 0 Å². The number of nitrogens with one attached hydrogen (secondary N) is 1. The number of halogens is 1. The van der Waals surface area contributed by atoms with Crippen LogP contribution in [-0.4, -0.2) is 30.4 Å². The van der Waals surface area contributed by atoms with Crippen molar-refractivity contribution in [3.8, 4) is 0 Å². The fraction of sp³-hybridized carbons (Fsp3) is 0.500. The van der Waals surface area contributed by atoms with Crippen LogP contribution in [0.15, 0.2) is 30.5 Å². The molecule has 1 aromatic carbocycles. The van der Waals surface area contributed by atoms with Crippen LogP contribution in [0.4, 0.5) is 15.8 Å². The Hall–Kier alpha value is -3.56. The van der Waals surface area contributed by atoms with Gasteiger partial charge in [-0.25, -0.2) is 4.39 Å². The quantitative estimate of drug-likeness (QED) is 0.386. The fourth-order valence-electron chi connectivity index (χ4n) is 7.24. The highest BCUT2D eigenvalue weighted by Gasteiger charge is 2.53. The lowest BCUT2D eigenvalue weighted by Crippen LogP contribution is -2.52. The number of carbonyl (C=O) groups excluding carboxylic acids is 1. The molecule has 4 aliphatic carbocycles. The van der Waals surface area contributed by atoms with E-state index in [4.69, 9.17) is 0 Å². The Morgan fingerprint density at radius 1 is 1.14 bits per heavy atom. The number of aromatic nitrogens is 4. The third-order valence-corrected chi connectivity index (χ3v) is 8.50. The van der Waals surface area contributed by atoms with Crippen molar-refractivity contribution < 1.29 is 14.1 Å². The summed E-state index contributed by atoms with van der Waals surface area (Å²) in [7, 11) is 0. The molecular formula is C26H29FN6O3. The molecular weight excluding hydrogens is 463 g/mol. The van der Waals surface area contributed by atoms with Crippen LogP contribution in [0.2, 0.25) is 0 Å². The van der Waals surface area contributed by atoms with Gasteiger partial charge in [0.25, 0.3) is 5.91 Å². The highest BCUT2D eigenvalue weighted by Crippen LogP contribution is 2.58. The lowest BCUT2D eigenvalue weighted by molar-refractivity contribution is -0.385. The van der Waals surface area contributed by atoms with Crippen molar-refractivity contribution in [1.82, 2.24) is 19.6 Å². The maximum atomic E-state index is 14.2. The highest BCUT2D eigenvalue weighted by atomic mass is 19.1. The average Bonchev–Trinajstić information content (AvgIpc) is 3.38. The van der Waals surface area contributed by atoms with E-state index in [1.54, 1.807) is 41.4 Å². The molecule has 4 saturated carbocycles. The monoisotopic (exact) mass is 492 g/mol. The molecule has 0 atom stereocenters. The predicted octanol–water partition coefficient (Wildman–Crippen LogP) is 4.97. The maximum Gasteiger partial charge on any atom is 0.320 e. The van der Waals surface area contributed by atoms with E-state index in [1.165, 1.54) is 31.5 Å². The first-order valence-electron chi connectivity index (χ1n) is 12.6. The van der Waals surface area contributed by atoms with Crippen LogP contribution in [0.5, 0.6) is 0 Å². The third kappa shape index (κ3) is 3.70. The molecule has 9 nitrogen and oxygen atoms in total. The first-order valence-corrected chi connectivity index (χ1v) is 12.6. The van der Waals surface area contributed by atoms with Crippen LogP contribution in [-0.2, 0) is 12.1 Å². The summed E-state index contributed by atoms with van der Waals surface area (Å²) in [5.74, 6) is 0.954. The minimum absolute atomic E-state index is 0.184. The zero-order chi connectivity index (χ0) is 25.2. The van der Waals surface area contributed by atoms with Gasteiger partial charge >= 0.3 is 5.69 Å². The molecule has 0 aliphatic heterocycles. The van der Waals surface area contributed by atoms with Gasteiger partial charge in [-0.3, -0.25) is 24.3 Å². The van der Waals surface area contributed by atoms with Crippen molar-refractivity contribution in [2.45, 2.75) is 64.5 Å². The molecule has 4 aliphatic rings. The number of anilines is 1. The number of hydrogen-bond acceptors (Lipinski definition) is 5. The Labute approximate surface area is 207 Å². The highest BCUT2D eigenvalue weighted by molar-refractivity contribution is 6.06. The van der Waals surface area contributed by atoms with E-state index in [9.17, 15) is 19.3 Å². The van der Waals surface area contributed by atoms with Crippen molar-refractivity contribution in [3.63, 3.8) is 0 Å². The van der Waals surface area contributed by atoms with Crippen LogP contribution in [0.3, 0.4) is 0 Å². The maximum absolute atomic E-state index is 14.2. The number of amides is 1. The van der Waals surface area contributed by atoms with Crippen molar-refractivity contribution >= 4 is 17.3 Å². The van der Waals surface area contributed by atoms with Crippen LogP contribution >= 0.6 is 0 Å². The minimum Gasteiger partial charge on any atom is -0.317 e. The molecule has 0 unspecified atom stereocenters. The Morgan fingerprint density at radius 2 is 1.78 bits per heavy atom. The van der Waals surface area contributed by atoms with Crippen LogP contribution in [0.1, 0.15) is 66.0 Å². The summed E-state index contributed by atoms with van der Waals surface area (Å²) >= 11 is 0. The molecule has 0 saturated heterocycles. The Bertz CT molecular complexity index is 1340. The Morgan fingerprint density at radius 3 is 2.39 bits per heavy atom. The minimum atomic E-state index is -0.637. The van der Waals surface area contributed by atoms with E-state index < -0.39 is 10.8 Å². The standard InChI is InChI=1S/C26H29FN6O3/c1-15-23(16(2)31(29-15)13-20-5-3-4-6-21(20)27)28-25(34)24-22(33(35)36)14-32(30-24)26-10-17-7-18(11-26)9-19(8-17)12-26/h3-6,14,17-19H,7-13H2,1-2H3,(H,28,34). The molecule has 0 radical (unpaired) electrons. The van der Waals surface area contributed by atoms with E-state index in [1.807, 2.05) is 0 Å². The Balaban J connectivity index is 1.29. The SMILES string of the molecule is Cc1nn(Cc2ccccc2F)c(C)c1NC(=O)c1nn(C23CC4CC(CC(C4)C2)C3)cc1[N+](=O)[O-]. The molecule has 188 valence electrons. The molecule has 2 aromatic heterocycles. The molecule has 7 rings (SSSR count). The Kier molecular flexibility index (Phi) is 5.24. The summed E-state index contributed by atoms with van der Waals surface area (Å²) in [6.07, 6.45) is 8.10. The van der Waals surface area contributed by atoms with Gasteiger partial charge in [0.05, 0.1) is 34.1 Å². The third-order valence-electron chi connectivity index (χ3n) is 8.50. The van der Waals surface area contributed by atoms with Crippen molar-refractivity contribution in [2.24, 2.45) is 17.8 Å². The first kappa shape index (κ1) is 22.9. The van der Waals surface area contributed by atoms with Crippen molar-refractivity contribution in [2.75, 3.05) is 5.32 Å².